The van der Waals surface area contributed by atoms with Crippen molar-refractivity contribution in [1.29, 1.82) is 0 Å². The number of rotatable bonds is 2. The van der Waals surface area contributed by atoms with Crippen LogP contribution in [0.25, 0.3) is 0 Å². The van der Waals surface area contributed by atoms with E-state index in [0.717, 1.165) is 39.1 Å². The number of piperidine rings is 1. The van der Waals surface area contributed by atoms with E-state index in [9.17, 15) is 9.59 Å². The fraction of sp³-hybridized carbons (Fsp3) is 0.789. The van der Waals surface area contributed by atoms with E-state index in [-0.39, 0.29) is 17.1 Å². The summed E-state index contributed by atoms with van der Waals surface area (Å²) in [5, 5.41) is 11.9. The van der Waals surface area contributed by atoms with Gasteiger partial charge in [-0.15, -0.1) is 0 Å². The summed E-state index contributed by atoms with van der Waals surface area (Å²) in [6.45, 7) is 7.59. The van der Waals surface area contributed by atoms with Gasteiger partial charge in [-0.3, -0.25) is 14.7 Å². The third kappa shape index (κ3) is 4.55. The Morgan fingerprint density at radius 2 is 1.83 bits per heavy atom. The number of halogens is 1. The van der Waals surface area contributed by atoms with E-state index in [1.165, 1.54) is 12.8 Å². The van der Waals surface area contributed by atoms with Gasteiger partial charge in [0.15, 0.2) is 23.2 Å². The molecule has 30 heavy (non-hydrogen) atoms. The third-order valence-corrected chi connectivity index (χ3v) is 6.60. The topological polar surface area (TPSA) is 113 Å². The van der Waals surface area contributed by atoms with E-state index in [2.05, 4.69) is 48.0 Å². The molecule has 3 atom stereocenters. The van der Waals surface area contributed by atoms with Gasteiger partial charge in [-0.2, -0.15) is 0 Å². The molecule has 0 aromatic heterocycles. The first-order chi connectivity index (χ1) is 14.6. The Kier molecular flexibility index (Phi) is 6.74. The van der Waals surface area contributed by atoms with Crippen LogP contribution in [-0.2, 0) is 4.79 Å². The molecule has 0 saturated carbocycles. The minimum Gasteiger partial charge on any atom is -0.352 e. The molecule has 10 nitrogen and oxygen atoms in total. The van der Waals surface area contributed by atoms with Gasteiger partial charge in [0.2, 0.25) is 5.91 Å². The molecule has 4 aliphatic heterocycles. The number of amides is 3. The molecule has 0 aromatic rings. The standard InChI is InChI=1S/C19H31ClN8O2/c1-2-12-11-27(9-10-28(12)13-3-5-21-6-4-13)17-15(20)24-14-16(25-17)26-19(30)23-8-7-22-18(14)29/h12-14,16,21H,2-11H2,1H3,(H,22,29)(H2,23,26,30)/t12-,14?,16?/m0/s1. The van der Waals surface area contributed by atoms with Crippen LogP contribution in [0.4, 0.5) is 4.79 Å². The molecule has 3 saturated heterocycles. The summed E-state index contributed by atoms with van der Waals surface area (Å²) < 4.78 is 0. The Bertz CT molecular complexity index is 723. The van der Waals surface area contributed by atoms with Gasteiger partial charge in [0.25, 0.3) is 0 Å². The van der Waals surface area contributed by atoms with Gasteiger partial charge in [0.1, 0.15) is 0 Å². The number of carbonyl (C=O) groups excluding carboxylic acids is 2. The first kappa shape index (κ1) is 21.3. The summed E-state index contributed by atoms with van der Waals surface area (Å²) in [6, 6.07) is -0.196. The molecule has 3 fully saturated rings. The lowest BCUT2D eigenvalue weighted by atomic mass is 9.99. The molecule has 166 valence electrons. The predicted octanol–water partition coefficient (Wildman–Crippen LogP) is -0.692. The fourth-order valence-corrected chi connectivity index (χ4v) is 5.00. The van der Waals surface area contributed by atoms with Gasteiger partial charge in [-0.1, -0.05) is 18.5 Å². The summed E-state index contributed by atoms with van der Waals surface area (Å²) in [5.74, 6) is 0.279. The average Bonchev–Trinajstić information content (AvgIpc) is 2.83. The summed E-state index contributed by atoms with van der Waals surface area (Å²) in [4.78, 5) is 38.4. The van der Waals surface area contributed by atoms with Crippen LogP contribution in [0.5, 0.6) is 0 Å². The van der Waals surface area contributed by atoms with Crippen molar-refractivity contribution < 1.29 is 9.59 Å². The Balaban J connectivity index is 1.51. The van der Waals surface area contributed by atoms with Crippen molar-refractivity contribution in [2.45, 2.75) is 50.5 Å². The quantitative estimate of drug-likeness (QED) is 0.455. The van der Waals surface area contributed by atoms with Crippen LogP contribution in [0, 0.1) is 0 Å². The molecule has 0 radical (unpaired) electrons. The Morgan fingerprint density at radius 1 is 1.07 bits per heavy atom. The van der Waals surface area contributed by atoms with Crippen molar-refractivity contribution in [2.75, 3.05) is 45.8 Å². The molecule has 4 N–H and O–H groups in total. The zero-order valence-corrected chi connectivity index (χ0v) is 18.1. The van der Waals surface area contributed by atoms with Crippen molar-refractivity contribution in [3.05, 3.63) is 0 Å². The second-order valence-electron chi connectivity index (χ2n) is 8.18. The molecular weight excluding hydrogens is 408 g/mol. The molecule has 3 amide bonds. The zero-order chi connectivity index (χ0) is 21.1. The van der Waals surface area contributed by atoms with Crippen molar-refractivity contribution in [3.63, 3.8) is 0 Å². The maximum atomic E-state index is 12.5. The SMILES string of the molecule is CC[C@H]1CN(C2=NC3NC(=O)NCCNC(=O)C3N=C2Cl)CCN1C1CCNCC1. The Hall–Kier alpha value is -1.91. The number of nitrogens with zero attached hydrogens (tertiary/aromatic N) is 4. The van der Waals surface area contributed by atoms with E-state index < -0.39 is 12.2 Å². The lowest BCUT2D eigenvalue weighted by molar-refractivity contribution is -0.122. The minimum absolute atomic E-state index is 0.234. The summed E-state index contributed by atoms with van der Waals surface area (Å²) >= 11 is 6.50. The molecule has 4 heterocycles. The first-order valence-corrected chi connectivity index (χ1v) is 11.3. The summed E-state index contributed by atoms with van der Waals surface area (Å²) in [6.07, 6.45) is 2.62. The number of amidine groups is 1. The molecule has 0 spiro atoms. The maximum absolute atomic E-state index is 12.5. The molecule has 11 heteroatoms. The smallest absolute Gasteiger partial charge is 0.316 e. The normalized spacial score (nSPS) is 31.8. The lowest BCUT2D eigenvalue weighted by Crippen LogP contribution is -2.61. The highest BCUT2D eigenvalue weighted by Crippen LogP contribution is 2.23. The van der Waals surface area contributed by atoms with Gasteiger partial charge >= 0.3 is 6.03 Å². The number of hydrogen-bond donors (Lipinski definition) is 4. The van der Waals surface area contributed by atoms with E-state index >= 15 is 0 Å². The van der Waals surface area contributed by atoms with Gasteiger partial charge in [0.05, 0.1) is 0 Å². The van der Waals surface area contributed by atoms with Crippen molar-refractivity contribution in [2.24, 2.45) is 9.98 Å². The number of urea groups is 1. The number of piperazine rings is 1. The lowest BCUT2D eigenvalue weighted by Gasteiger charge is -2.47. The highest BCUT2D eigenvalue weighted by Gasteiger charge is 2.38. The maximum Gasteiger partial charge on any atom is 0.316 e. The van der Waals surface area contributed by atoms with Crippen LogP contribution in [0.3, 0.4) is 0 Å². The molecule has 0 aliphatic carbocycles. The number of aliphatic imine (C=N–C) groups is 2. The Morgan fingerprint density at radius 3 is 2.60 bits per heavy atom. The van der Waals surface area contributed by atoms with E-state index in [4.69, 9.17) is 11.6 Å². The largest absolute Gasteiger partial charge is 0.352 e. The van der Waals surface area contributed by atoms with Crippen molar-refractivity contribution >= 4 is 34.5 Å². The number of fused-ring (bicyclic) bond motifs is 1. The molecular formula is C19H31ClN8O2. The van der Waals surface area contributed by atoms with Gasteiger partial charge in [0, 0.05) is 44.8 Å². The van der Waals surface area contributed by atoms with Crippen molar-refractivity contribution in [1.82, 2.24) is 31.1 Å². The molecule has 4 rings (SSSR count). The summed E-state index contributed by atoms with van der Waals surface area (Å²) in [7, 11) is 0. The predicted molar refractivity (Wildman–Crippen MR) is 116 cm³/mol. The second kappa shape index (κ2) is 9.49. The Labute approximate surface area is 181 Å². The van der Waals surface area contributed by atoms with E-state index in [1.54, 1.807) is 0 Å². The summed E-state index contributed by atoms with van der Waals surface area (Å²) in [5.41, 5.74) is 0. The zero-order valence-electron chi connectivity index (χ0n) is 17.4. The number of nitrogens with one attached hydrogen (secondary N) is 4. The van der Waals surface area contributed by atoms with E-state index in [1.807, 2.05) is 0 Å². The average molecular weight is 439 g/mol. The monoisotopic (exact) mass is 438 g/mol. The molecule has 0 bridgehead atoms. The molecule has 4 aliphatic rings. The fourth-order valence-electron chi connectivity index (χ4n) is 4.73. The molecule has 0 aromatic carbocycles. The third-order valence-electron chi connectivity index (χ3n) is 6.33. The number of hydrogen-bond acceptors (Lipinski definition) is 7. The second-order valence-corrected chi connectivity index (χ2v) is 8.54. The van der Waals surface area contributed by atoms with Crippen LogP contribution >= 0.6 is 11.6 Å². The van der Waals surface area contributed by atoms with Crippen LogP contribution in [0.15, 0.2) is 9.98 Å². The highest BCUT2D eigenvalue weighted by molar-refractivity contribution is 6.83. The van der Waals surface area contributed by atoms with Gasteiger partial charge < -0.3 is 26.2 Å². The van der Waals surface area contributed by atoms with E-state index in [0.29, 0.717) is 31.0 Å². The van der Waals surface area contributed by atoms with Crippen LogP contribution < -0.4 is 21.3 Å². The van der Waals surface area contributed by atoms with Crippen LogP contribution in [-0.4, -0.2) is 103 Å². The number of carbonyl (C=O) groups is 2. The highest BCUT2D eigenvalue weighted by atomic mass is 35.5. The van der Waals surface area contributed by atoms with Crippen molar-refractivity contribution in [3.8, 4) is 0 Å². The van der Waals surface area contributed by atoms with Crippen LogP contribution in [0.1, 0.15) is 26.2 Å². The van der Waals surface area contributed by atoms with Crippen LogP contribution in [0.2, 0.25) is 0 Å². The minimum atomic E-state index is -0.858. The first-order valence-electron chi connectivity index (χ1n) is 10.9. The van der Waals surface area contributed by atoms with Gasteiger partial charge in [-0.25, -0.2) is 9.79 Å². The van der Waals surface area contributed by atoms with Gasteiger partial charge in [-0.05, 0) is 32.4 Å². The molecule has 2 unspecified atom stereocenters.